The molecule has 2 aliphatic heterocycles. The molecule has 2 saturated heterocycles. The van der Waals surface area contributed by atoms with Crippen molar-refractivity contribution in [1.29, 1.82) is 0 Å². The Balaban J connectivity index is 1.85. The number of nitrogens with one attached hydrogen (secondary N) is 1. The van der Waals surface area contributed by atoms with Gasteiger partial charge in [0.05, 0.1) is 12.0 Å². The van der Waals surface area contributed by atoms with Crippen molar-refractivity contribution >= 4 is 17.5 Å². The van der Waals surface area contributed by atoms with E-state index < -0.39 is 5.41 Å². The molecule has 150 valence electrons. The molecule has 1 aromatic carbocycles. The summed E-state index contributed by atoms with van der Waals surface area (Å²) in [5, 5.41) is 12.5. The second-order valence-corrected chi connectivity index (χ2v) is 8.80. The van der Waals surface area contributed by atoms with Gasteiger partial charge in [-0.05, 0) is 50.2 Å². The summed E-state index contributed by atoms with van der Waals surface area (Å²) in [7, 11) is 0. The van der Waals surface area contributed by atoms with Gasteiger partial charge in [-0.15, -0.1) is 0 Å². The predicted molar refractivity (Wildman–Crippen MR) is 105 cm³/mol. The van der Waals surface area contributed by atoms with Gasteiger partial charge in [0.1, 0.15) is 5.82 Å². The minimum Gasteiger partial charge on any atom is -0.395 e. The molecule has 2 heterocycles. The average Bonchev–Trinajstić information content (AvgIpc) is 3.16. The van der Waals surface area contributed by atoms with E-state index in [0.29, 0.717) is 23.0 Å². The molecule has 0 aliphatic carbocycles. The van der Waals surface area contributed by atoms with Crippen LogP contribution in [0.15, 0.2) is 18.2 Å². The Hall–Kier alpha value is -1.17. The van der Waals surface area contributed by atoms with Gasteiger partial charge in [0.15, 0.2) is 0 Å². The van der Waals surface area contributed by atoms with E-state index in [1.54, 1.807) is 12.1 Å². The van der Waals surface area contributed by atoms with Crippen molar-refractivity contribution < 1.29 is 14.3 Å². The van der Waals surface area contributed by atoms with Gasteiger partial charge in [0, 0.05) is 35.8 Å². The molecule has 0 radical (unpaired) electrons. The number of benzene rings is 1. The van der Waals surface area contributed by atoms with Gasteiger partial charge in [-0.1, -0.05) is 31.5 Å². The molecule has 3 atom stereocenters. The zero-order chi connectivity index (χ0) is 19.6. The van der Waals surface area contributed by atoms with Crippen LogP contribution in [0.4, 0.5) is 4.39 Å². The Morgan fingerprint density at radius 1 is 1.44 bits per heavy atom. The fourth-order valence-electron chi connectivity index (χ4n) is 4.93. The molecule has 27 heavy (non-hydrogen) atoms. The van der Waals surface area contributed by atoms with E-state index in [4.69, 9.17) is 16.7 Å². The van der Waals surface area contributed by atoms with Crippen LogP contribution in [0.5, 0.6) is 0 Å². The summed E-state index contributed by atoms with van der Waals surface area (Å²) in [4.78, 5) is 15.4. The number of carbonyl (C=O) groups is 1. The van der Waals surface area contributed by atoms with Crippen LogP contribution in [0.1, 0.15) is 51.5 Å². The first-order chi connectivity index (χ1) is 12.9. The number of hydrogen-bond acceptors (Lipinski definition) is 3. The maximum Gasteiger partial charge on any atom is 0.227 e. The summed E-state index contributed by atoms with van der Waals surface area (Å²) in [5.74, 6) is 0.265. The third kappa shape index (κ3) is 4.01. The van der Waals surface area contributed by atoms with Gasteiger partial charge in [-0.2, -0.15) is 0 Å². The minimum atomic E-state index is -0.458. The molecule has 3 rings (SSSR count). The van der Waals surface area contributed by atoms with Crippen LogP contribution in [0.25, 0.3) is 0 Å². The summed E-state index contributed by atoms with van der Waals surface area (Å²) in [6.07, 6.45) is 4.58. The number of fused-ring (bicyclic) bond motifs is 2. The van der Waals surface area contributed by atoms with Crippen LogP contribution < -0.4 is 5.32 Å². The number of halogens is 2. The first-order valence-corrected chi connectivity index (χ1v) is 10.3. The Morgan fingerprint density at radius 2 is 2.22 bits per heavy atom. The standard InChI is InChI=1S/C21H30ClFN2O2/c1-14(2)8-9-21(20(27)24-10-11-26)12-15-6-7-19(21)25(15)13-16-17(22)4-3-5-18(16)23/h3-5,14-15,19,26H,6-13H2,1-2H3,(H,24,27)/t15-,19+,21+/m1/s1. The second-order valence-electron chi connectivity index (χ2n) is 8.39. The van der Waals surface area contributed by atoms with Gasteiger partial charge in [0.25, 0.3) is 0 Å². The van der Waals surface area contributed by atoms with E-state index in [-0.39, 0.29) is 37.0 Å². The molecule has 0 unspecified atom stereocenters. The third-order valence-electron chi connectivity index (χ3n) is 6.30. The molecule has 1 amide bonds. The highest BCUT2D eigenvalue weighted by molar-refractivity contribution is 6.31. The second kappa shape index (κ2) is 8.46. The molecule has 2 aliphatic rings. The monoisotopic (exact) mass is 396 g/mol. The molecule has 0 spiro atoms. The van der Waals surface area contributed by atoms with Crippen molar-refractivity contribution in [2.24, 2.45) is 11.3 Å². The van der Waals surface area contributed by atoms with Crippen LogP contribution in [0.3, 0.4) is 0 Å². The fraction of sp³-hybridized carbons (Fsp3) is 0.667. The maximum atomic E-state index is 14.3. The average molecular weight is 397 g/mol. The quantitative estimate of drug-likeness (QED) is 0.703. The van der Waals surface area contributed by atoms with Crippen molar-refractivity contribution in [3.8, 4) is 0 Å². The molecule has 4 nitrogen and oxygen atoms in total. The Kier molecular flexibility index (Phi) is 6.44. The molecule has 2 fully saturated rings. The van der Waals surface area contributed by atoms with E-state index in [1.165, 1.54) is 6.07 Å². The Bertz CT molecular complexity index is 664. The molecule has 2 N–H and O–H groups in total. The molecule has 6 heteroatoms. The molecule has 1 aromatic rings. The highest BCUT2D eigenvalue weighted by Gasteiger charge is 2.59. The highest BCUT2D eigenvalue weighted by atomic mass is 35.5. The molecule has 0 saturated carbocycles. The lowest BCUT2D eigenvalue weighted by molar-refractivity contribution is -0.133. The lowest BCUT2D eigenvalue weighted by Gasteiger charge is -2.37. The number of amides is 1. The minimum absolute atomic E-state index is 0.0361. The summed E-state index contributed by atoms with van der Waals surface area (Å²) in [6.45, 7) is 5.00. The van der Waals surface area contributed by atoms with Gasteiger partial charge in [0.2, 0.25) is 5.91 Å². The zero-order valence-electron chi connectivity index (χ0n) is 16.2. The van der Waals surface area contributed by atoms with E-state index in [1.807, 2.05) is 0 Å². The summed E-state index contributed by atoms with van der Waals surface area (Å²) < 4.78 is 14.3. The van der Waals surface area contributed by atoms with Gasteiger partial charge >= 0.3 is 0 Å². The van der Waals surface area contributed by atoms with Gasteiger partial charge in [-0.3, -0.25) is 9.69 Å². The maximum absolute atomic E-state index is 14.3. The number of hydrogen-bond donors (Lipinski definition) is 2. The van der Waals surface area contributed by atoms with Crippen LogP contribution in [-0.4, -0.2) is 41.1 Å². The number of rotatable bonds is 8. The summed E-state index contributed by atoms with van der Waals surface area (Å²) in [5.41, 5.74) is 0.0617. The normalized spacial score (nSPS) is 27.5. The van der Waals surface area contributed by atoms with E-state index in [2.05, 4.69) is 24.1 Å². The molecular formula is C21H30ClFN2O2. The number of nitrogens with zero attached hydrogens (tertiary/aromatic N) is 1. The third-order valence-corrected chi connectivity index (χ3v) is 6.65. The van der Waals surface area contributed by atoms with Crippen molar-refractivity contribution in [3.05, 3.63) is 34.6 Å². The Labute approximate surface area is 166 Å². The molecule has 0 aromatic heterocycles. The van der Waals surface area contributed by atoms with Crippen LogP contribution in [0, 0.1) is 17.2 Å². The van der Waals surface area contributed by atoms with Crippen molar-refractivity contribution in [3.63, 3.8) is 0 Å². The van der Waals surface area contributed by atoms with Crippen LogP contribution in [0.2, 0.25) is 5.02 Å². The topological polar surface area (TPSA) is 52.6 Å². The molecule has 2 bridgehead atoms. The largest absolute Gasteiger partial charge is 0.395 e. The van der Waals surface area contributed by atoms with E-state index in [9.17, 15) is 9.18 Å². The van der Waals surface area contributed by atoms with Gasteiger partial charge in [-0.25, -0.2) is 4.39 Å². The van der Waals surface area contributed by atoms with E-state index in [0.717, 1.165) is 32.1 Å². The van der Waals surface area contributed by atoms with Gasteiger partial charge < -0.3 is 10.4 Å². The molecular weight excluding hydrogens is 367 g/mol. The fourth-order valence-corrected chi connectivity index (χ4v) is 5.15. The van der Waals surface area contributed by atoms with Crippen molar-refractivity contribution in [2.75, 3.05) is 13.2 Å². The van der Waals surface area contributed by atoms with Crippen molar-refractivity contribution in [2.45, 2.75) is 64.6 Å². The number of aliphatic hydroxyl groups is 1. The highest BCUT2D eigenvalue weighted by Crippen LogP contribution is 2.53. The smallest absolute Gasteiger partial charge is 0.227 e. The number of carbonyl (C=O) groups excluding carboxylic acids is 1. The SMILES string of the molecule is CC(C)CC[C@]1(C(=O)NCCO)C[C@H]2CC[C@@H]1N2Cc1c(F)cccc1Cl. The predicted octanol–water partition coefficient (Wildman–Crippen LogP) is 3.75. The van der Waals surface area contributed by atoms with E-state index >= 15 is 0 Å². The first-order valence-electron chi connectivity index (χ1n) is 9.97. The zero-order valence-corrected chi connectivity index (χ0v) is 16.9. The van der Waals surface area contributed by atoms with Crippen LogP contribution >= 0.6 is 11.6 Å². The first kappa shape index (κ1) is 20.6. The Morgan fingerprint density at radius 3 is 2.89 bits per heavy atom. The summed E-state index contributed by atoms with van der Waals surface area (Å²) in [6, 6.07) is 5.15. The van der Waals surface area contributed by atoms with Crippen LogP contribution in [-0.2, 0) is 11.3 Å². The lowest BCUT2D eigenvalue weighted by Crippen LogP contribution is -2.49. The van der Waals surface area contributed by atoms with Crippen molar-refractivity contribution in [1.82, 2.24) is 10.2 Å². The summed E-state index contributed by atoms with van der Waals surface area (Å²) >= 11 is 6.25. The lowest BCUT2D eigenvalue weighted by atomic mass is 9.69. The number of aliphatic hydroxyl groups excluding tert-OH is 1.